The van der Waals surface area contributed by atoms with Crippen LogP contribution in [0.2, 0.25) is 0 Å². The summed E-state index contributed by atoms with van der Waals surface area (Å²) in [6, 6.07) is 2.16. The monoisotopic (exact) mass is 520 g/mol. The highest BCUT2D eigenvalue weighted by Gasteiger charge is 2.53. The Balaban J connectivity index is 1.27. The second-order valence-electron chi connectivity index (χ2n) is 13.1. The number of aryl methyl sites for hydroxylation is 1. The molecule has 1 heterocycles. The molecule has 0 unspecified atom stereocenters. The third-order valence-corrected chi connectivity index (χ3v) is 10.6. The van der Waals surface area contributed by atoms with Gasteiger partial charge in [-0.1, -0.05) is 63.6 Å². The van der Waals surface area contributed by atoms with Gasteiger partial charge in [0.2, 0.25) is 0 Å². The Bertz CT molecular complexity index is 1100. The molecule has 4 aliphatic rings. The molecular weight excluding hydrogens is 472 g/mol. The van der Waals surface area contributed by atoms with Crippen LogP contribution >= 0.6 is 0 Å². The van der Waals surface area contributed by atoms with Crippen molar-refractivity contribution in [2.75, 3.05) is 0 Å². The fourth-order valence-corrected chi connectivity index (χ4v) is 8.09. The number of furan rings is 1. The summed E-state index contributed by atoms with van der Waals surface area (Å²) in [5.74, 6) is 2.52. The fraction of sp³-hybridized carbons (Fsp3) is 0.647. The van der Waals surface area contributed by atoms with Crippen molar-refractivity contribution in [3.05, 3.63) is 71.3 Å². The topological polar surface area (TPSA) is 73.8 Å². The number of hydrogen-bond acceptors (Lipinski definition) is 4. The van der Waals surface area contributed by atoms with Crippen LogP contribution in [0.15, 0.2) is 64.3 Å². The van der Waals surface area contributed by atoms with Gasteiger partial charge < -0.3 is 19.7 Å². The van der Waals surface area contributed by atoms with Crippen molar-refractivity contribution in [3.8, 4) is 0 Å². The van der Waals surface area contributed by atoms with E-state index >= 15 is 0 Å². The summed E-state index contributed by atoms with van der Waals surface area (Å²) in [5, 5.41) is 31.6. The Morgan fingerprint density at radius 2 is 1.95 bits per heavy atom. The Kier molecular flexibility index (Phi) is 7.97. The van der Waals surface area contributed by atoms with Crippen LogP contribution in [0.1, 0.15) is 96.3 Å². The summed E-state index contributed by atoms with van der Waals surface area (Å²) < 4.78 is 5.92. The van der Waals surface area contributed by atoms with Crippen molar-refractivity contribution in [1.29, 1.82) is 0 Å². The highest BCUT2D eigenvalue weighted by atomic mass is 16.3. The van der Waals surface area contributed by atoms with Gasteiger partial charge in [0.05, 0.1) is 30.0 Å². The molecule has 208 valence electrons. The van der Waals surface area contributed by atoms with Crippen LogP contribution in [-0.2, 0) is 11.8 Å². The predicted octanol–water partition coefficient (Wildman–Crippen LogP) is 6.96. The molecule has 0 amide bonds. The molecule has 4 saturated carbocycles. The number of fused-ring (bicyclic) bond motifs is 1. The average Bonchev–Trinajstić information content (AvgIpc) is 3.42. The van der Waals surface area contributed by atoms with E-state index < -0.39 is 18.3 Å². The second-order valence-corrected chi connectivity index (χ2v) is 13.1. The highest BCUT2D eigenvalue weighted by Crippen LogP contribution is 2.60. The van der Waals surface area contributed by atoms with Crippen LogP contribution in [0.4, 0.5) is 0 Å². The molecule has 1 aromatic rings. The number of rotatable bonds is 8. The SMILES string of the molecule is C=C1/C(=C\C=C2/CCC[C@]3(C)[C@@H]([C@H](C)/C=C/[C@H](O)C4(c5cc(CCC)co5)CC4)CC[C@@H]23)C[C@@H](O)C[C@@H]1O. The first-order chi connectivity index (χ1) is 18.2. The van der Waals surface area contributed by atoms with Gasteiger partial charge in [-0.15, -0.1) is 0 Å². The third kappa shape index (κ3) is 5.17. The van der Waals surface area contributed by atoms with Crippen LogP contribution in [0.5, 0.6) is 0 Å². The number of hydrogen-bond donors (Lipinski definition) is 3. The summed E-state index contributed by atoms with van der Waals surface area (Å²) in [6.07, 6.45) is 20.1. The van der Waals surface area contributed by atoms with Crippen molar-refractivity contribution in [3.63, 3.8) is 0 Å². The van der Waals surface area contributed by atoms with Crippen molar-refractivity contribution >= 4 is 0 Å². The molecule has 4 heteroatoms. The van der Waals surface area contributed by atoms with E-state index in [1.807, 2.05) is 6.26 Å². The van der Waals surface area contributed by atoms with Crippen LogP contribution in [0, 0.1) is 23.2 Å². The summed E-state index contributed by atoms with van der Waals surface area (Å²) in [4.78, 5) is 0. The van der Waals surface area contributed by atoms with Gasteiger partial charge in [0.25, 0.3) is 0 Å². The number of allylic oxidation sites excluding steroid dienone is 4. The van der Waals surface area contributed by atoms with Crippen LogP contribution in [0.3, 0.4) is 0 Å². The summed E-state index contributed by atoms with van der Waals surface area (Å²) in [7, 11) is 0. The summed E-state index contributed by atoms with van der Waals surface area (Å²) >= 11 is 0. The zero-order valence-corrected chi connectivity index (χ0v) is 23.7. The standard InChI is InChI=1S/C34H48O4/c1-5-7-24-18-32(38-21-24)34(16-17-34)31(37)14-9-22(2)28-12-13-29-25(8-6-15-33(28,29)4)10-11-26-19-27(35)20-30(36)23(26)3/h9-11,14,18,21-22,27-31,35-37H,3,5-8,12-13,15-17,19-20H2,1-2,4H3/b14-9+,25-10+,26-11-/t22-,27-,28-,29+,30+,31+,33-/m1/s1. The summed E-state index contributed by atoms with van der Waals surface area (Å²) in [6.45, 7) is 11.1. The van der Waals surface area contributed by atoms with E-state index in [0.717, 1.165) is 49.0 Å². The molecule has 0 spiro atoms. The maximum atomic E-state index is 11.2. The molecule has 0 bridgehead atoms. The smallest absolute Gasteiger partial charge is 0.113 e. The van der Waals surface area contributed by atoms with Gasteiger partial charge >= 0.3 is 0 Å². The molecule has 4 aliphatic carbocycles. The van der Waals surface area contributed by atoms with E-state index in [9.17, 15) is 15.3 Å². The predicted molar refractivity (Wildman–Crippen MR) is 153 cm³/mol. The quantitative estimate of drug-likeness (QED) is 0.324. The van der Waals surface area contributed by atoms with Crippen molar-refractivity contribution in [2.24, 2.45) is 23.2 Å². The van der Waals surface area contributed by atoms with E-state index in [0.29, 0.717) is 30.6 Å². The molecule has 0 aromatic carbocycles. The Hall–Kier alpha value is -1.88. The minimum atomic E-state index is -0.639. The first kappa shape index (κ1) is 27.7. The van der Waals surface area contributed by atoms with Gasteiger partial charge in [0.1, 0.15) is 5.76 Å². The molecule has 0 saturated heterocycles. The minimum Gasteiger partial charge on any atom is -0.468 e. The molecule has 1 aromatic heterocycles. The Morgan fingerprint density at radius 1 is 1.16 bits per heavy atom. The average molecular weight is 521 g/mol. The van der Waals surface area contributed by atoms with E-state index in [-0.39, 0.29) is 10.8 Å². The maximum Gasteiger partial charge on any atom is 0.113 e. The molecular formula is C34H48O4. The summed E-state index contributed by atoms with van der Waals surface area (Å²) in [5.41, 5.74) is 4.53. The molecule has 0 aliphatic heterocycles. The Labute approximate surface area is 229 Å². The van der Waals surface area contributed by atoms with Gasteiger partial charge in [-0.3, -0.25) is 0 Å². The molecule has 0 radical (unpaired) electrons. The third-order valence-electron chi connectivity index (χ3n) is 10.6. The zero-order chi connectivity index (χ0) is 27.1. The fourth-order valence-electron chi connectivity index (χ4n) is 8.09. The van der Waals surface area contributed by atoms with E-state index in [4.69, 9.17) is 4.42 Å². The van der Waals surface area contributed by atoms with Crippen LogP contribution in [-0.4, -0.2) is 33.6 Å². The highest BCUT2D eigenvalue weighted by molar-refractivity contribution is 5.39. The first-order valence-electron chi connectivity index (χ1n) is 15.1. The lowest BCUT2D eigenvalue weighted by Gasteiger charge is -2.44. The van der Waals surface area contributed by atoms with Gasteiger partial charge in [-0.05, 0) is 104 Å². The lowest BCUT2D eigenvalue weighted by Crippen LogP contribution is -2.35. The second kappa shape index (κ2) is 10.9. The molecule has 5 rings (SSSR count). The number of aliphatic hydroxyl groups is 3. The maximum absolute atomic E-state index is 11.2. The van der Waals surface area contributed by atoms with Gasteiger partial charge in [-0.25, -0.2) is 0 Å². The van der Waals surface area contributed by atoms with Gasteiger partial charge in [0, 0.05) is 6.42 Å². The normalized spacial score (nSPS) is 36.6. The van der Waals surface area contributed by atoms with Gasteiger partial charge in [0.15, 0.2) is 0 Å². The zero-order valence-electron chi connectivity index (χ0n) is 23.7. The molecule has 3 N–H and O–H groups in total. The molecule has 4 nitrogen and oxygen atoms in total. The Morgan fingerprint density at radius 3 is 2.68 bits per heavy atom. The largest absolute Gasteiger partial charge is 0.468 e. The lowest BCUT2D eigenvalue weighted by atomic mass is 9.61. The van der Waals surface area contributed by atoms with Crippen LogP contribution < -0.4 is 0 Å². The molecule has 4 fully saturated rings. The minimum absolute atomic E-state index is 0.233. The van der Waals surface area contributed by atoms with Crippen molar-refractivity contribution in [1.82, 2.24) is 0 Å². The molecule has 38 heavy (non-hydrogen) atoms. The van der Waals surface area contributed by atoms with Crippen molar-refractivity contribution < 1.29 is 19.7 Å². The van der Waals surface area contributed by atoms with E-state index in [1.165, 1.54) is 36.8 Å². The van der Waals surface area contributed by atoms with E-state index in [1.54, 1.807) is 0 Å². The molecule has 7 atom stereocenters. The first-order valence-corrected chi connectivity index (χ1v) is 15.1. The number of aliphatic hydroxyl groups excluding tert-OH is 3. The van der Waals surface area contributed by atoms with Gasteiger partial charge in [-0.2, -0.15) is 0 Å². The lowest BCUT2D eigenvalue weighted by molar-refractivity contribution is 0.0862. The van der Waals surface area contributed by atoms with Crippen LogP contribution in [0.25, 0.3) is 0 Å². The van der Waals surface area contributed by atoms with Crippen molar-refractivity contribution in [2.45, 2.75) is 115 Å². The van der Waals surface area contributed by atoms with E-state index in [2.05, 4.69) is 57.7 Å².